The molecule has 0 amide bonds. The number of piperazine rings is 1. The van der Waals surface area contributed by atoms with E-state index >= 15 is 0 Å². The van der Waals surface area contributed by atoms with Crippen LogP contribution in [0.5, 0.6) is 0 Å². The Morgan fingerprint density at radius 3 is 2.09 bits per heavy atom. The number of hydrogen-bond acceptors (Lipinski definition) is 5. The van der Waals surface area contributed by atoms with Gasteiger partial charge in [-0.2, -0.15) is 0 Å². The second-order valence-electron chi connectivity index (χ2n) is 9.61. The molecule has 0 unspecified atom stereocenters. The Morgan fingerprint density at radius 1 is 0.857 bits per heavy atom. The third kappa shape index (κ3) is 4.46. The maximum absolute atomic E-state index is 12.0. The lowest BCUT2D eigenvalue weighted by Gasteiger charge is -2.38. The van der Waals surface area contributed by atoms with Crippen LogP contribution in [-0.2, 0) is 16.9 Å². The van der Waals surface area contributed by atoms with Crippen molar-refractivity contribution in [3.63, 3.8) is 0 Å². The minimum atomic E-state index is -3.25. The number of rotatable bonds is 5. The van der Waals surface area contributed by atoms with Gasteiger partial charge in [0.1, 0.15) is 0 Å². The molecule has 0 saturated carbocycles. The molecule has 2 aromatic carbocycles. The van der Waals surface area contributed by atoms with Gasteiger partial charge in [-0.25, -0.2) is 8.42 Å². The van der Waals surface area contributed by atoms with Gasteiger partial charge in [0.25, 0.3) is 0 Å². The SMILES string of the molecule is CC(C)N1CCN(c2ccc(-c3c(-c4ccc(S(C)(=O)=O)cc4)n(C)c4cccnc34)cc2)CC1. The molecule has 7 heteroatoms. The Kier molecular flexibility index (Phi) is 6.15. The Bertz CT molecular complexity index is 1450. The highest BCUT2D eigenvalue weighted by Gasteiger charge is 2.22. The summed E-state index contributed by atoms with van der Waals surface area (Å²) >= 11 is 0. The van der Waals surface area contributed by atoms with Gasteiger partial charge in [-0.15, -0.1) is 0 Å². The summed E-state index contributed by atoms with van der Waals surface area (Å²) in [5, 5.41) is 0. The summed E-state index contributed by atoms with van der Waals surface area (Å²) in [6.07, 6.45) is 3.06. The quantitative estimate of drug-likeness (QED) is 0.402. The van der Waals surface area contributed by atoms with Crippen LogP contribution in [-0.4, -0.2) is 61.3 Å². The largest absolute Gasteiger partial charge is 0.369 e. The molecule has 1 aliphatic heterocycles. The van der Waals surface area contributed by atoms with E-state index in [2.05, 4.69) is 58.5 Å². The van der Waals surface area contributed by atoms with Gasteiger partial charge in [-0.3, -0.25) is 9.88 Å². The average Bonchev–Trinajstić information content (AvgIpc) is 3.16. The van der Waals surface area contributed by atoms with Crippen LogP contribution in [0.15, 0.2) is 71.8 Å². The monoisotopic (exact) mass is 488 g/mol. The van der Waals surface area contributed by atoms with Crippen molar-refractivity contribution < 1.29 is 8.42 Å². The van der Waals surface area contributed by atoms with Gasteiger partial charge >= 0.3 is 0 Å². The highest BCUT2D eigenvalue weighted by molar-refractivity contribution is 7.90. The standard InChI is InChI=1S/C28H32N4O2S/c1-20(2)31-16-18-32(19-17-31)23-11-7-21(8-12-23)26-27-25(6-5-15-29-27)30(3)28(26)22-9-13-24(14-10-22)35(4,33)34/h5-15,20H,16-19H2,1-4H3. The minimum absolute atomic E-state index is 0.321. The van der Waals surface area contributed by atoms with E-state index in [4.69, 9.17) is 4.98 Å². The fraction of sp³-hybridized carbons (Fsp3) is 0.321. The van der Waals surface area contributed by atoms with Crippen LogP contribution < -0.4 is 4.90 Å². The predicted molar refractivity (Wildman–Crippen MR) is 144 cm³/mol. The van der Waals surface area contributed by atoms with Gasteiger partial charge in [-0.1, -0.05) is 24.3 Å². The number of anilines is 1. The van der Waals surface area contributed by atoms with Crippen molar-refractivity contribution in [3.05, 3.63) is 66.9 Å². The first kappa shape index (κ1) is 23.6. The molecular weight excluding hydrogens is 456 g/mol. The lowest BCUT2D eigenvalue weighted by molar-refractivity contribution is 0.209. The van der Waals surface area contributed by atoms with Crippen molar-refractivity contribution in [2.45, 2.75) is 24.8 Å². The first-order chi connectivity index (χ1) is 16.7. The number of aryl methyl sites for hydroxylation is 1. The highest BCUT2D eigenvalue weighted by atomic mass is 32.2. The molecule has 2 aromatic heterocycles. The summed E-state index contributed by atoms with van der Waals surface area (Å²) in [4.78, 5) is 10.0. The zero-order valence-electron chi connectivity index (χ0n) is 20.8. The molecule has 6 nitrogen and oxygen atoms in total. The Balaban J connectivity index is 1.54. The fourth-order valence-electron chi connectivity index (χ4n) is 5.07. The summed E-state index contributed by atoms with van der Waals surface area (Å²) in [6.45, 7) is 8.75. The summed E-state index contributed by atoms with van der Waals surface area (Å²) < 4.78 is 26.1. The van der Waals surface area contributed by atoms with E-state index in [1.54, 1.807) is 12.1 Å². The molecule has 1 aliphatic rings. The Hall–Kier alpha value is -3.16. The topological polar surface area (TPSA) is 58.4 Å². The molecule has 5 rings (SSSR count). The van der Waals surface area contributed by atoms with E-state index in [-0.39, 0.29) is 0 Å². The maximum Gasteiger partial charge on any atom is 0.175 e. The van der Waals surface area contributed by atoms with Gasteiger partial charge in [0.15, 0.2) is 9.84 Å². The van der Waals surface area contributed by atoms with Crippen LogP contribution in [0.4, 0.5) is 5.69 Å². The number of fused-ring (bicyclic) bond motifs is 1. The molecule has 0 bridgehead atoms. The molecule has 0 atom stereocenters. The first-order valence-electron chi connectivity index (χ1n) is 12.1. The summed E-state index contributed by atoms with van der Waals surface area (Å²) in [5.74, 6) is 0. The van der Waals surface area contributed by atoms with Crippen molar-refractivity contribution >= 4 is 26.6 Å². The fourth-order valence-corrected chi connectivity index (χ4v) is 5.70. The van der Waals surface area contributed by atoms with Crippen LogP contribution >= 0.6 is 0 Å². The number of benzene rings is 2. The zero-order chi connectivity index (χ0) is 24.7. The third-order valence-corrected chi connectivity index (χ3v) is 8.21. The van der Waals surface area contributed by atoms with Gasteiger partial charge in [0.2, 0.25) is 0 Å². The number of aromatic nitrogens is 2. The second-order valence-corrected chi connectivity index (χ2v) is 11.6. The van der Waals surface area contributed by atoms with Crippen molar-refractivity contribution in [3.8, 4) is 22.4 Å². The molecule has 4 aromatic rings. The molecule has 182 valence electrons. The first-order valence-corrected chi connectivity index (χ1v) is 14.0. The Morgan fingerprint density at radius 2 is 1.49 bits per heavy atom. The lowest BCUT2D eigenvalue weighted by Crippen LogP contribution is -2.48. The van der Waals surface area contributed by atoms with E-state index in [1.807, 2.05) is 31.4 Å². The van der Waals surface area contributed by atoms with E-state index in [9.17, 15) is 8.42 Å². The molecular formula is C28H32N4O2S. The number of sulfone groups is 1. The molecule has 35 heavy (non-hydrogen) atoms. The van der Waals surface area contributed by atoms with Crippen LogP contribution in [0.1, 0.15) is 13.8 Å². The molecule has 0 radical (unpaired) electrons. The Labute approximate surface area is 207 Å². The second kappa shape index (κ2) is 9.13. The normalized spacial score (nSPS) is 15.3. The van der Waals surface area contributed by atoms with Crippen molar-refractivity contribution in [2.24, 2.45) is 7.05 Å². The van der Waals surface area contributed by atoms with Crippen LogP contribution in [0.3, 0.4) is 0 Å². The predicted octanol–water partition coefficient (Wildman–Crippen LogP) is 4.84. The highest BCUT2D eigenvalue weighted by Crippen LogP contribution is 2.40. The third-order valence-electron chi connectivity index (χ3n) is 7.08. The van der Waals surface area contributed by atoms with E-state index < -0.39 is 9.84 Å². The van der Waals surface area contributed by atoms with Crippen molar-refractivity contribution in [2.75, 3.05) is 37.3 Å². The molecule has 1 fully saturated rings. The van der Waals surface area contributed by atoms with Gasteiger partial charge < -0.3 is 9.47 Å². The maximum atomic E-state index is 12.0. The van der Waals surface area contributed by atoms with E-state index in [0.29, 0.717) is 10.9 Å². The van der Waals surface area contributed by atoms with Crippen LogP contribution in [0.25, 0.3) is 33.4 Å². The van der Waals surface area contributed by atoms with Crippen molar-refractivity contribution in [1.82, 2.24) is 14.5 Å². The van der Waals surface area contributed by atoms with E-state index in [0.717, 1.165) is 59.6 Å². The smallest absolute Gasteiger partial charge is 0.175 e. The van der Waals surface area contributed by atoms with Crippen molar-refractivity contribution in [1.29, 1.82) is 0 Å². The van der Waals surface area contributed by atoms with Crippen LogP contribution in [0.2, 0.25) is 0 Å². The van der Waals surface area contributed by atoms with Gasteiger partial charge in [0, 0.05) is 63.0 Å². The summed E-state index contributed by atoms with van der Waals surface area (Å²) in [5.41, 5.74) is 7.37. The molecule has 3 heterocycles. The average molecular weight is 489 g/mol. The van der Waals surface area contributed by atoms with Crippen LogP contribution in [0, 0.1) is 0 Å². The summed E-state index contributed by atoms with van der Waals surface area (Å²) in [6, 6.07) is 20.5. The van der Waals surface area contributed by atoms with Gasteiger partial charge in [-0.05, 0) is 61.4 Å². The number of hydrogen-bond donors (Lipinski definition) is 0. The molecule has 0 spiro atoms. The van der Waals surface area contributed by atoms with E-state index in [1.165, 1.54) is 11.9 Å². The minimum Gasteiger partial charge on any atom is -0.369 e. The van der Waals surface area contributed by atoms with Gasteiger partial charge in [0.05, 0.1) is 21.6 Å². The molecule has 0 N–H and O–H groups in total. The lowest BCUT2D eigenvalue weighted by atomic mass is 10.00. The molecule has 1 saturated heterocycles. The molecule has 0 aliphatic carbocycles. The number of pyridine rings is 1. The zero-order valence-corrected chi connectivity index (χ0v) is 21.6. The summed E-state index contributed by atoms with van der Waals surface area (Å²) in [7, 11) is -1.21. The number of nitrogens with zero attached hydrogens (tertiary/aromatic N) is 4.